The third-order valence-electron chi connectivity index (χ3n) is 16.9. The number of hydrogen-bond acceptors (Lipinski definition) is 23. The zero-order valence-electron chi connectivity index (χ0n) is 56.5. The van der Waals surface area contributed by atoms with E-state index in [0.717, 1.165) is 62.5 Å². The van der Waals surface area contributed by atoms with Gasteiger partial charge >= 0.3 is 29.8 Å². The summed E-state index contributed by atoms with van der Waals surface area (Å²) >= 11 is 0. The van der Waals surface area contributed by atoms with Gasteiger partial charge in [0.2, 0.25) is 11.8 Å². The lowest BCUT2D eigenvalue weighted by atomic mass is 9.87. The molecule has 0 aromatic heterocycles. The van der Waals surface area contributed by atoms with Gasteiger partial charge in [0.1, 0.15) is 67.6 Å². The summed E-state index contributed by atoms with van der Waals surface area (Å²) in [4.78, 5) is 93.2. The van der Waals surface area contributed by atoms with E-state index in [1.165, 1.54) is 13.0 Å². The molecule has 3 saturated heterocycles. The van der Waals surface area contributed by atoms with Gasteiger partial charge in [0.15, 0.2) is 24.8 Å². The van der Waals surface area contributed by atoms with Crippen molar-refractivity contribution in [1.29, 1.82) is 0 Å². The molecule has 3 aliphatic heterocycles. The Bertz CT molecular complexity index is 3190. The fourth-order valence-corrected chi connectivity index (χ4v) is 22.2. The zero-order valence-corrected chi connectivity index (χ0v) is 58.5. The summed E-state index contributed by atoms with van der Waals surface area (Å²) in [6.07, 6.45) is -23.5. The number of methoxy groups -OCH3 is 1. The molecule has 27 heteroatoms. The molecular formula is C69H92N2O23Si2. The van der Waals surface area contributed by atoms with Gasteiger partial charge in [-0.2, -0.15) is 0 Å². The minimum atomic E-state index is -3.59. The number of carbonyl (C=O) groups excluding carboxylic acids is 7. The quantitative estimate of drug-likeness (QED) is 0.0248. The van der Waals surface area contributed by atoms with E-state index in [-0.39, 0.29) is 13.2 Å². The van der Waals surface area contributed by atoms with Crippen LogP contribution in [0.2, 0.25) is 10.1 Å². The van der Waals surface area contributed by atoms with Crippen molar-refractivity contribution < 1.29 is 110 Å². The lowest BCUT2D eigenvalue weighted by Gasteiger charge is -2.52. The maximum absolute atomic E-state index is 15.1. The van der Waals surface area contributed by atoms with Gasteiger partial charge in [0.25, 0.3) is 22.4 Å². The Hall–Kier alpha value is -7.10. The predicted molar refractivity (Wildman–Crippen MR) is 351 cm³/mol. The molecule has 5 N–H and O–H groups in total. The average Bonchev–Trinajstić information content (AvgIpc) is 0.757. The van der Waals surface area contributed by atoms with Crippen molar-refractivity contribution in [2.24, 2.45) is 0 Å². The summed E-state index contributed by atoms with van der Waals surface area (Å²) in [7, 11) is -6.12. The minimum Gasteiger partial charge on any atom is -0.465 e. The highest BCUT2D eigenvalue weighted by molar-refractivity contribution is 7.00. The van der Waals surface area contributed by atoms with Crippen LogP contribution in [0.4, 0.5) is 0 Å². The number of aliphatic hydroxyl groups is 3. The molecule has 2 amide bonds. The monoisotopic (exact) mass is 1370 g/mol. The summed E-state index contributed by atoms with van der Waals surface area (Å²) in [6, 6.07) is 35.3. The molecule has 0 radical (unpaired) electrons. The van der Waals surface area contributed by atoms with Crippen molar-refractivity contribution in [3.8, 4) is 0 Å². The summed E-state index contributed by atoms with van der Waals surface area (Å²) < 4.78 is 82.9. The number of carbonyl (C=O) groups is 7. The van der Waals surface area contributed by atoms with Crippen LogP contribution in [0.5, 0.6) is 0 Å². The molecule has 524 valence electrons. The Balaban J connectivity index is 1.44. The first-order valence-corrected chi connectivity index (χ1v) is 35.5. The van der Waals surface area contributed by atoms with Crippen molar-refractivity contribution >= 4 is 79.0 Å². The predicted octanol–water partition coefficient (Wildman–Crippen LogP) is 2.67. The molecule has 0 aliphatic carbocycles. The van der Waals surface area contributed by atoms with Crippen LogP contribution in [0.15, 0.2) is 134 Å². The van der Waals surface area contributed by atoms with Gasteiger partial charge in [0, 0.05) is 41.5 Å². The molecule has 7 rings (SSSR count). The Morgan fingerprint density at radius 3 is 1.48 bits per heavy atom. The van der Waals surface area contributed by atoms with Gasteiger partial charge in [-0.15, -0.1) is 6.58 Å². The molecule has 4 aromatic rings. The molecular weight excluding hydrogens is 1280 g/mol. The average molecular weight is 1370 g/mol. The third kappa shape index (κ3) is 17.6. The van der Waals surface area contributed by atoms with Gasteiger partial charge in [-0.05, 0) is 30.8 Å². The molecule has 4 aromatic carbocycles. The normalized spacial score (nSPS) is 26.9. The molecule has 3 fully saturated rings. The van der Waals surface area contributed by atoms with Crippen LogP contribution in [0.25, 0.3) is 0 Å². The lowest BCUT2D eigenvalue weighted by Crippen LogP contribution is -2.72. The Morgan fingerprint density at radius 2 is 1.06 bits per heavy atom. The fourth-order valence-electron chi connectivity index (χ4n) is 13.0. The number of amides is 2. The number of hydrogen-bond donors (Lipinski definition) is 5. The van der Waals surface area contributed by atoms with Gasteiger partial charge in [-0.3, -0.25) is 28.8 Å². The summed E-state index contributed by atoms with van der Waals surface area (Å²) in [5.41, 5.74) is 0. The molecule has 0 unspecified atom stereocenters. The van der Waals surface area contributed by atoms with Crippen LogP contribution in [0.3, 0.4) is 0 Å². The third-order valence-corrected chi connectivity index (χ3v) is 26.9. The van der Waals surface area contributed by atoms with Crippen molar-refractivity contribution in [3.05, 3.63) is 134 Å². The van der Waals surface area contributed by atoms with Gasteiger partial charge in [-0.25, -0.2) is 4.79 Å². The maximum Gasteiger partial charge on any atom is 0.366 e. The van der Waals surface area contributed by atoms with Crippen LogP contribution in [-0.4, -0.2) is 205 Å². The molecule has 0 saturated carbocycles. The SMILES string of the molecule is C=CCO[C@@H]1O[C@H](CO[Si](c2ccccc2)(c2ccccc2)C(C)(C)C)[C@@H](O[C@@H]2O[C@H](CO[Si](c3ccccc3)(c3ccccc3)C(C)(C)C)[C@H](O)[C@H](O[C@]3(C(=O)OC)C[C@H](OC(C)=O)[C@@H](NC(C)=O)[C@@H]([C@H](OC(C)=O)[C@@H](COC(C)=O)OC(C)=O)O3)[C@H]2O)[C@H](O)[C@H]1NC(C)=O. The van der Waals surface area contributed by atoms with Crippen molar-refractivity contribution in [2.45, 2.75) is 197 Å². The zero-order chi connectivity index (χ0) is 70.5. The molecule has 16 atom stereocenters. The van der Waals surface area contributed by atoms with Crippen molar-refractivity contribution in [3.63, 3.8) is 0 Å². The molecule has 96 heavy (non-hydrogen) atoms. The highest BCUT2D eigenvalue weighted by atomic mass is 28.4. The molecule has 0 bridgehead atoms. The smallest absolute Gasteiger partial charge is 0.366 e. The summed E-state index contributed by atoms with van der Waals surface area (Å²) in [5.74, 6) is -9.70. The second kappa shape index (κ2) is 33.0. The molecule has 3 heterocycles. The van der Waals surface area contributed by atoms with E-state index < -0.39 is 186 Å². The first-order chi connectivity index (χ1) is 45.3. The Morgan fingerprint density at radius 1 is 0.604 bits per heavy atom. The second-order valence-corrected chi connectivity index (χ2v) is 34.6. The van der Waals surface area contributed by atoms with Gasteiger partial charge in [0.05, 0.1) is 39.4 Å². The second-order valence-electron chi connectivity index (χ2n) is 26.0. The van der Waals surface area contributed by atoms with Gasteiger partial charge < -0.3 is 86.9 Å². The van der Waals surface area contributed by atoms with Crippen LogP contribution in [-0.2, 0) is 94.5 Å². The fraction of sp³-hybridized carbons (Fsp3) is 0.522. The molecule has 0 spiro atoms. The maximum atomic E-state index is 15.1. The first kappa shape index (κ1) is 76.3. The number of nitrogens with one attached hydrogen (secondary N) is 2. The van der Waals surface area contributed by atoms with E-state index in [0.29, 0.717) is 0 Å². The number of aliphatic hydroxyl groups excluding tert-OH is 3. The van der Waals surface area contributed by atoms with Crippen molar-refractivity contribution in [2.75, 3.05) is 33.5 Å². The minimum absolute atomic E-state index is 0.109. The highest BCUT2D eigenvalue weighted by Gasteiger charge is 2.64. The lowest BCUT2D eigenvalue weighted by molar-refractivity contribution is -0.382. The van der Waals surface area contributed by atoms with Crippen molar-refractivity contribution in [1.82, 2.24) is 10.6 Å². The van der Waals surface area contributed by atoms with Crippen LogP contribution >= 0.6 is 0 Å². The topological polar surface area (TPSA) is 324 Å². The van der Waals surface area contributed by atoms with E-state index >= 15 is 4.79 Å². The van der Waals surface area contributed by atoms with E-state index in [2.05, 4.69) is 38.0 Å². The largest absolute Gasteiger partial charge is 0.465 e. The molecule has 3 aliphatic rings. The Kier molecular flexibility index (Phi) is 26.2. The van der Waals surface area contributed by atoms with E-state index in [1.807, 2.05) is 142 Å². The van der Waals surface area contributed by atoms with Crippen LogP contribution in [0.1, 0.15) is 89.5 Å². The summed E-state index contributed by atoms with van der Waals surface area (Å²) in [6.45, 7) is 20.6. The highest BCUT2D eigenvalue weighted by Crippen LogP contribution is 2.43. The van der Waals surface area contributed by atoms with Crippen LogP contribution < -0.4 is 31.4 Å². The number of esters is 5. The number of rotatable bonds is 27. The summed E-state index contributed by atoms with van der Waals surface area (Å²) in [5, 5.41) is 46.8. The van der Waals surface area contributed by atoms with E-state index in [1.54, 1.807) is 0 Å². The number of benzene rings is 4. The molecule has 25 nitrogen and oxygen atoms in total. The first-order valence-electron chi connectivity index (χ1n) is 31.7. The van der Waals surface area contributed by atoms with E-state index in [4.69, 9.17) is 61.0 Å². The van der Waals surface area contributed by atoms with E-state index in [9.17, 15) is 44.1 Å². The van der Waals surface area contributed by atoms with Crippen LogP contribution in [0, 0.1) is 0 Å². The Labute approximate surface area is 561 Å². The van der Waals surface area contributed by atoms with Gasteiger partial charge in [-0.1, -0.05) is 169 Å². The number of ether oxygens (including phenoxy) is 11. The standard InChI is InChI=1S/C69H92N2O23Si2/c1-15-36-83-64-56(71-42(3)73)58(79)60(54(91-64)40-86-96(68(11,12)13,49-32-24-18-25-33-49)50-34-26-19-27-35-50)92-65-59(80)63(57(78)52(90-65)39-85-95(67(8,9)10,47-28-20-16-21-29-47)48-30-22-17-23-31-48)94-69(66(81)82-14)37-51(87-44(5)75)55(70-41(2)72)62(93-69)61(89-46(7)77)53(88-45(6)76)38-84-43(4)74/h15-35,51-65,78-80H,1,36-40H2,2-14H3,(H,70,72)(H,71,73)/t51-,52+,53+,54+,55+,56+,57-,58+,59+,60+,61+,62-,63-,64+,65-,69-/m0/s1.